The van der Waals surface area contributed by atoms with Gasteiger partial charge in [-0.05, 0) is 12.1 Å². The van der Waals surface area contributed by atoms with Gasteiger partial charge < -0.3 is 4.74 Å². The molecule has 0 fully saturated rings. The van der Waals surface area contributed by atoms with Crippen molar-refractivity contribution >= 4 is 17.3 Å². The van der Waals surface area contributed by atoms with E-state index in [-0.39, 0.29) is 10.8 Å². The van der Waals surface area contributed by atoms with Gasteiger partial charge in [-0.25, -0.2) is 0 Å². The number of rotatable bonds is 3. The van der Waals surface area contributed by atoms with E-state index in [0.717, 1.165) is 0 Å². The third kappa shape index (κ3) is 2.88. The number of hydrogen-bond acceptors (Lipinski definition) is 5. The fourth-order valence-corrected chi connectivity index (χ4v) is 1.30. The summed E-state index contributed by atoms with van der Waals surface area (Å²) in [6.45, 7) is 0. The fraction of sp³-hybridized carbons (Fsp3) is 0. The lowest BCUT2D eigenvalue weighted by atomic mass is 10.3. The molecule has 1 aromatic carbocycles. The molecular weight excluding hydrogens is 246 g/mol. The van der Waals surface area contributed by atoms with Crippen molar-refractivity contribution in [3.8, 4) is 11.5 Å². The standard InChI is InChI=1S/C10H6ClN3O3/c11-10-5-9(6-12-13-10)17-8-3-1-7(2-4-8)14(15)16/h1-6H. The maximum atomic E-state index is 10.4. The molecule has 0 spiro atoms. The van der Waals surface area contributed by atoms with Gasteiger partial charge in [0.1, 0.15) is 5.75 Å². The van der Waals surface area contributed by atoms with Crippen molar-refractivity contribution in [2.24, 2.45) is 0 Å². The fourth-order valence-electron chi connectivity index (χ4n) is 1.15. The van der Waals surface area contributed by atoms with E-state index in [9.17, 15) is 10.1 Å². The van der Waals surface area contributed by atoms with Crippen molar-refractivity contribution in [1.29, 1.82) is 0 Å². The molecule has 0 aliphatic heterocycles. The number of nitro groups is 1. The lowest BCUT2D eigenvalue weighted by Gasteiger charge is -2.04. The Balaban J connectivity index is 2.16. The average molecular weight is 252 g/mol. The lowest BCUT2D eigenvalue weighted by molar-refractivity contribution is -0.384. The molecule has 0 radical (unpaired) electrons. The van der Waals surface area contributed by atoms with Gasteiger partial charge in [-0.1, -0.05) is 11.6 Å². The van der Waals surface area contributed by atoms with Gasteiger partial charge in [0.25, 0.3) is 5.69 Å². The third-order valence-electron chi connectivity index (χ3n) is 1.88. The first-order valence-corrected chi connectivity index (χ1v) is 4.93. The molecule has 2 rings (SSSR count). The lowest BCUT2D eigenvalue weighted by Crippen LogP contribution is -1.89. The van der Waals surface area contributed by atoms with Crippen molar-refractivity contribution < 1.29 is 9.66 Å². The van der Waals surface area contributed by atoms with Gasteiger partial charge in [-0.15, -0.1) is 5.10 Å². The molecule has 0 saturated heterocycles. The van der Waals surface area contributed by atoms with Crippen LogP contribution in [0.4, 0.5) is 5.69 Å². The molecule has 17 heavy (non-hydrogen) atoms. The molecule has 0 bridgehead atoms. The summed E-state index contributed by atoms with van der Waals surface area (Å²) in [5, 5.41) is 17.8. The Morgan fingerprint density at radius 2 is 1.94 bits per heavy atom. The summed E-state index contributed by atoms with van der Waals surface area (Å²) in [4.78, 5) is 9.97. The van der Waals surface area contributed by atoms with Crippen LogP contribution in [-0.2, 0) is 0 Å². The Bertz CT molecular complexity index is 545. The van der Waals surface area contributed by atoms with Gasteiger partial charge in [0.15, 0.2) is 10.9 Å². The molecule has 2 aromatic rings. The minimum atomic E-state index is -0.478. The first-order chi connectivity index (χ1) is 8.15. The van der Waals surface area contributed by atoms with Crippen LogP contribution in [0, 0.1) is 10.1 Å². The van der Waals surface area contributed by atoms with E-state index in [0.29, 0.717) is 11.5 Å². The number of nitro benzene ring substituents is 1. The highest BCUT2D eigenvalue weighted by molar-refractivity contribution is 6.29. The van der Waals surface area contributed by atoms with E-state index in [2.05, 4.69) is 10.2 Å². The molecule has 0 saturated carbocycles. The predicted octanol–water partition coefficient (Wildman–Crippen LogP) is 2.83. The van der Waals surface area contributed by atoms with E-state index in [4.69, 9.17) is 16.3 Å². The second kappa shape index (κ2) is 4.75. The number of benzene rings is 1. The summed E-state index contributed by atoms with van der Waals surface area (Å²) in [5.41, 5.74) is 0.00300. The van der Waals surface area contributed by atoms with Crippen LogP contribution in [0.2, 0.25) is 5.15 Å². The van der Waals surface area contributed by atoms with E-state index in [1.165, 1.54) is 36.5 Å². The highest BCUT2D eigenvalue weighted by Crippen LogP contribution is 2.24. The topological polar surface area (TPSA) is 78.2 Å². The van der Waals surface area contributed by atoms with Crippen LogP contribution in [0.15, 0.2) is 36.5 Å². The van der Waals surface area contributed by atoms with Crippen molar-refractivity contribution in [2.75, 3.05) is 0 Å². The van der Waals surface area contributed by atoms with Crippen LogP contribution in [-0.4, -0.2) is 15.1 Å². The second-order valence-electron chi connectivity index (χ2n) is 3.07. The molecule has 7 heteroatoms. The molecule has 0 aliphatic carbocycles. The van der Waals surface area contributed by atoms with Crippen LogP contribution < -0.4 is 4.74 Å². The van der Waals surface area contributed by atoms with Gasteiger partial charge in [0.2, 0.25) is 0 Å². The summed E-state index contributed by atoms with van der Waals surface area (Å²) in [6.07, 6.45) is 1.40. The highest BCUT2D eigenvalue weighted by atomic mass is 35.5. The van der Waals surface area contributed by atoms with Crippen LogP contribution in [0.1, 0.15) is 0 Å². The molecule has 0 N–H and O–H groups in total. The molecule has 0 amide bonds. The number of aromatic nitrogens is 2. The summed E-state index contributed by atoms with van der Waals surface area (Å²) in [6, 6.07) is 7.19. The quantitative estimate of drug-likeness (QED) is 0.619. The Kier molecular flexibility index (Phi) is 3.15. The first-order valence-electron chi connectivity index (χ1n) is 4.56. The van der Waals surface area contributed by atoms with Crippen LogP contribution in [0.25, 0.3) is 0 Å². The van der Waals surface area contributed by atoms with Crippen LogP contribution >= 0.6 is 11.6 Å². The summed E-state index contributed by atoms with van der Waals surface area (Å²) in [5.74, 6) is 0.874. The summed E-state index contributed by atoms with van der Waals surface area (Å²) < 4.78 is 5.38. The van der Waals surface area contributed by atoms with Crippen molar-refractivity contribution in [3.05, 3.63) is 51.8 Å². The highest BCUT2D eigenvalue weighted by Gasteiger charge is 2.05. The molecular formula is C10H6ClN3O3. The normalized spacial score (nSPS) is 9.94. The van der Waals surface area contributed by atoms with Crippen molar-refractivity contribution in [3.63, 3.8) is 0 Å². The molecule has 0 unspecified atom stereocenters. The van der Waals surface area contributed by atoms with Crippen molar-refractivity contribution in [1.82, 2.24) is 10.2 Å². The van der Waals surface area contributed by atoms with E-state index in [1.54, 1.807) is 0 Å². The molecule has 6 nitrogen and oxygen atoms in total. The second-order valence-corrected chi connectivity index (χ2v) is 3.45. The zero-order chi connectivity index (χ0) is 12.3. The predicted molar refractivity (Wildman–Crippen MR) is 60.2 cm³/mol. The van der Waals surface area contributed by atoms with Crippen LogP contribution in [0.5, 0.6) is 11.5 Å². The first kappa shape index (κ1) is 11.3. The van der Waals surface area contributed by atoms with Crippen molar-refractivity contribution in [2.45, 2.75) is 0 Å². The maximum absolute atomic E-state index is 10.4. The Morgan fingerprint density at radius 3 is 2.53 bits per heavy atom. The van der Waals surface area contributed by atoms with E-state index >= 15 is 0 Å². The van der Waals surface area contributed by atoms with E-state index < -0.39 is 4.92 Å². The Hall–Kier alpha value is -2.21. The van der Waals surface area contributed by atoms with Gasteiger partial charge in [0, 0.05) is 18.2 Å². The smallest absolute Gasteiger partial charge is 0.269 e. The monoisotopic (exact) mass is 251 g/mol. The summed E-state index contributed by atoms with van der Waals surface area (Å²) >= 11 is 5.63. The molecule has 0 atom stereocenters. The largest absolute Gasteiger partial charge is 0.456 e. The molecule has 1 aromatic heterocycles. The van der Waals surface area contributed by atoms with Gasteiger partial charge >= 0.3 is 0 Å². The number of ether oxygens (including phenoxy) is 1. The zero-order valence-electron chi connectivity index (χ0n) is 8.41. The summed E-state index contributed by atoms with van der Waals surface area (Å²) in [7, 11) is 0. The molecule has 86 valence electrons. The zero-order valence-corrected chi connectivity index (χ0v) is 9.16. The average Bonchev–Trinajstić information content (AvgIpc) is 2.29. The minimum absolute atomic E-state index is 0.00300. The van der Waals surface area contributed by atoms with Gasteiger partial charge in [-0.2, -0.15) is 5.10 Å². The SMILES string of the molecule is O=[N+]([O-])c1ccc(Oc2cnnc(Cl)c2)cc1. The molecule has 1 heterocycles. The number of hydrogen-bond donors (Lipinski definition) is 0. The minimum Gasteiger partial charge on any atom is -0.456 e. The van der Waals surface area contributed by atoms with E-state index in [1.807, 2.05) is 0 Å². The van der Waals surface area contributed by atoms with Gasteiger partial charge in [-0.3, -0.25) is 10.1 Å². The number of nitrogens with zero attached hydrogens (tertiary/aromatic N) is 3. The Morgan fingerprint density at radius 1 is 1.24 bits per heavy atom. The third-order valence-corrected chi connectivity index (χ3v) is 2.07. The number of non-ortho nitro benzene ring substituents is 1. The van der Waals surface area contributed by atoms with Crippen LogP contribution in [0.3, 0.4) is 0 Å². The Labute approximate surface area is 101 Å². The molecule has 0 aliphatic rings. The maximum Gasteiger partial charge on any atom is 0.269 e. The van der Waals surface area contributed by atoms with Gasteiger partial charge in [0.05, 0.1) is 11.1 Å². The number of halogens is 1.